The van der Waals surface area contributed by atoms with Crippen molar-refractivity contribution in [2.75, 3.05) is 25.0 Å². The Morgan fingerprint density at radius 2 is 1.91 bits per heavy atom. The van der Waals surface area contributed by atoms with Gasteiger partial charge in [-0.05, 0) is 45.7 Å². The fraction of sp³-hybridized carbons (Fsp3) is 0.600. The minimum absolute atomic E-state index is 0.0858. The van der Waals surface area contributed by atoms with E-state index >= 15 is 0 Å². The number of hydrogen-bond donors (Lipinski definition) is 2. The molecule has 7 nitrogen and oxygen atoms in total. The van der Waals surface area contributed by atoms with Crippen LogP contribution in [0, 0.1) is 0 Å². The zero-order chi connectivity index (χ0) is 17.1. The molecule has 0 atom stereocenters. The molecule has 1 aromatic rings. The van der Waals surface area contributed by atoms with E-state index in [2.05, 4.69) is 15.6 Å². The van der Waals surface area contributed by atoms with Crippen molar-refractivity contribution in [3.8, 4) is 0 Å². The lowest BCUT2D eigenvalue weighted by Crippen LogP contribution is -2.43. The summed E-state index contributed by atoms with van der Waals surface area (Å²) in [4.78, 5) is 16.0. The Labute approximate surface area is 137 Å². The van der Waals surface area contributed by atoms with Crippen molar-refractivity contribution in [1.82, 2.24) is 14.6 Å². The highest BCUT2D eigenvalue weighted by Crippen LogP contribution is 2.20. The molecule has 0 aliphatic carbocycles. The van der Waals surface area contributed by atoms with Crippen LogP contribution in [-0.4, -0.2) is 48.8 Å². The highest BCUT2D eigenvalue weighted by Gasteiger charge is 2.27. The molecule has 2 heterocycles. The molecule has 128 valence electrons. The second-order valence-electron chi connectivity index (χ2n) is 6.64. The lowest BCUT2D eigenvalue weighted by Gasteiger charge is -2.20. The molecule has 1 saturated heterocycles. The van der Waals surface area contributed by atoms with Gasteiger partial charge in [0, 0.05) is 24.8 Å². The summed E-state index contributed by atoms with van der Waals surface area (Å²) in [6, 6.07) is 3.10. The molecule has 2 rings (SSSR count). The maximum Gasteiger partial charge on any atom is 0.244 e. The maximum atomic E-state index is 12.4. The van der Waals surface area contributed by atoms with Gasteiger partial charge in [0.05, 0.1) is 6.54 Å². The van der Waals surface area contributed by atoms with Crippen LogP contribution in [0.2, 0.25) is 0 Å². The lowest BCUT2D eigenvalue weighted by molar-refractivity contribution is -0.120. The summed E-state index contributed by atoms with van der Waals surface area (Å²) < 4.78 is 26.2. The van der Waals surface area contributed by atoms with Crippen LogP contribution in [0.3, 0.4) is 0 Å². The van der Waals surface area contributed by atoms with Crippen molar-refractivity contribution < 1.29 is 13.2 Å². The predicted molar refractivity (Wildman–Crippen MR) is 88.6 cm³/mol. The average molecular weight is 340 g/mol. The number of carbonyl (C=O) groups is 1. The Hall–Kier alpha value is -1.67. The fourth-order valence-electron chi connectivity index (χ4n) is 2.35. The predicted octanol–water partition coefficient (Wildman–Crippen LogP) is 1.19. The quantitative estimate of drug-likeness (QED) is 0.840. The number of sulfonamides is 1. The van der Waals surface area contributed by atoms with Crippen LogP contribution in [0.1, 0.15) is 33.6 Å². The highest BCUT2D eigenvalue weighted by atomic mass is 32.2. The van der Waals surface area contributed by atoms with E-state index in [0.29, 0.717) is 18.9 Å². The van der Waals surface area contributed by atoms with E-state index in [-0.39, 0.29) is 22.9 Å². The van der Waals surface area contributed by atoms with E-state index in [0.717, 1.165) is 12.8 Å². The van der Waals surface area contributed by atoms with Gasteiger partial charge in [-0.15, -0.1) is 0 Å². The normalized spacial score (nSPS) is 16.3. The Morgan fingerprint density at radius 1 is 1.26 bits per heavy atom. The summed E-state index contributed by atoms with van der Waals surface area (Å²) in [5.41, 5.74) is -0.292. The summed E-state index contributed by atoms with van der Waals surface area (Å²) in [7, 11) is -3.45. The number of hydrogen-bond acceptors (Lipinski definition) is 5. The van der Waals surface area contributed by atoms with Crippen LogP contribution in [0.4, 0.5) is 5.82 Å². The van der Waals surface area contributed by atoms with Crippen LogP contribution >= 0.6 is 0 Å². The van der Waals surface area contributed by atoms with Gasteiger partial charge in [0.15, 0.2) is 0 Å². The number of nitrogens with one attached hydrogen (secondary N) is 2. The molecule has 1 aliphatic rings. The minimum Gasteiger partial charge on any atom is -0.361 e. The fourth-order valence-corrected chi connectivity index (χ4v) is 3.81. The van der Waals surface area contributed by atoms with Crippen molar-refractivity contribution in [2.45, 2.75) is 44.0 Å². The molecule has 0 saturated carbocycles. The number of rotatable bonds is 5. The van der Waals surface area contributed by atoms with Gasteiger partial charge in [0.25, 0.3) is 0 Å². The SMILES string of the molecule is CC(C)(C)NC(=O)CNc1ccc(S(=O)(=O)N2CCCC2)cn1. The van der Waals surface area contributed by atoms with Crippen molar-refractivity contribution in [3.05, 3.63) is 18.3 Å². The summed E-state index contributed by atoms with van der Waals surface area (Å²) >= 11 is 0. The number of anilines is 1. The van der Waals surface area contributed by atoms with E-state index in [9.17, 15) is 13.2 Å². The average Bonchev–Trinajstić information content (AvgIpc) is 2.98. The molecule has 1 amide bonds. The van der Waals surface area contributed by atoms with Crippen molar-refractivity contribution in [2.24, 2.45) is 0 Å². The van der Waals surface area contributed by atoms with Crippen LogP contribution in [0.15, 0.2) is 23.2 Å². The van der Waals surface area contributed by atoms with Crippen LogP contribution in [0.5, 0.6) is 0 Å². The molecule has 1 aromatic heterocycles. The van der Waals surface area contributed by atoms with E-state index in [1.165, 1.54) is 16.6 Å². The first-order valence-corrected chi connectivity index (χ1v) is 9.13. The van der Waals surface area contributed by atoms with Gasteiger partial charge in [0.1, 0.15) is 10.7 Å². The summed E-state index contributed by atoms with van der Waals surface area (Å²) in [5.74, 6) is 0.322. The van der Waals surface area contributed by atoms with Crippen LogP contribution in [0.25, 0.3) is 0 Å². The van der Waals surface area contributed by atoms with Crippen molar-refractivity contribution in [3.63, 3.8) is 0 Å². The zero-order valence-corrected chi connectivity index (χ0v) is 14.6. The molecule has 0 radical (unpaired) electrons. The molecular weight excluding hydrogens is 316 g/mol. The molecule has 8 heteroatoms. The van der Waals surface area contributed by atoms with Gasteiger partial charge < -0.3 is 10.6 Å². The third kappa shape index (κ3) is 4.90. The Kier molecular flexibility index (Phi) is 5.26. The van der Waals surface area contributed by atoms with E-state index in [1.54, 1.807) is 6.07 Å². The van der Waals surface area contributed by atoms with Gasteiger partial charge in [-0.3, -0.25) is 4.79 Å². The van der Waals surface area contributed by atoms with E-state index in [4.69, 9.17) is 0 Å². The number of amides is 1. The molecule has 0 bridgehead atoms. The van der Waals surface area contributed by atoms with Crippen LogP contribution in [-0.2, 0) is 14.8 Å². The molecule has 0 aromatic carbocycles. The lowest BCUT2D eigenvalue weighted by atomic mass is 10.1. The third-order valence-corrected chi connectivity index (χ3v) is 5.27. The smallest absolute Gasteiger partial charge is 0.244 e. The van der Waals surface area contributed by atoms with Gasteiger partial charge in [-0.2, -0.15) is 4.31 Å². The number of nitrogens with zero attached hydrogens (tertiary/aromatic N) is 2. The van der Waals surface area contributed by atoms with Crippen molar-refractivity contribution >= 4 is 21.7 Å². The van der Waals surface area contributed by atoms with Crippen molar-refractivity contribution in [1.29, 1.82) is 0 Å². The Morgan fingerprint density at radius 3 is 2.43 bits per heavy atom. The Bertz CT molecular complexity index is 644. The number of pyridine rings is 1. The summed E-state index contributed by atoms with van der Waals surface area (Å²) in [5, 5.41) is 5.71. The Balaban J connectivity index is 1.96. The number of aromatic nitrogens is 1. The van der Waals surface area contributed by atoms with Gasteiger partial charge >= 0.3 is 0 Å². The van der Waals surface area contributed by atoms with Gasteiger partial charge in [-0.25, -0.2) is 13.4 Å². The standard InChI is InChI=1S/C15H24N4O3S/c1-15(2,3)18-14(20)11-17-13-7-6-12(10-16-13)23(21,22)19-8-4-5-9-19/h6-7,10H,4-5,8-9,11H2,1-3H3,(H,16,17)(H,18,20). The van der Waals surface area contributed by atoms with E-state index in [1.807, 2.05) is 20.8 Å². The minimum atomic E-state index is -3.45. The maximum absolute atomic E-state index is 12.4. The summed E-state index contributed by atoms with van der Waals surface area (Å²) in [6.45, 7) is 6.93. The van der Waals surface area contributed by atoms with E-state index < -0.39 is 10.0 Å². The second kappa shape index (κ2) is 6.84. The topological polar surface area (TPSA) is 91.4 Å². The van der Waals surface area contributed by atoms with Crippen LogP contribution < -0.4 is 10.6 Å². The zero-order valence-electron chi connectivity index (χ0n) is 13.8. The second-order valence-corrected chi connectivity index (χ2v) is 8.58. The van der Waals surface area contributed by atoms with Gasteiger partial charge in [0.2, 0.25) is 15.9 Å². The highest BCUT2D eigenvalue weighted by molar-refractivity contribution is 7.89. The molecule has 23 heavy (non-hydrogen) atoms. The van der Waals surface area contributed by atoms with Gasteiger partial charge in [-0.1, -0.05) is 0 Å². The largest absolute Gasteiger partial charge is 0.361 e. The number of carbonyl (C=O) groups excluding carboxylic acids is 1. The molecule has 0 spiro atoms. The summed E-state index contributed by atoms with van der Waals surface area (Å²) in [6.07, 6.45) is 3.13. The third-order valence-electron chi connectivity index (χ3n) is 3.38. The molecule has 1 aliphatic heterocycles. The monoisotopic (exact) mass is 340 g/mol. The first-order chi connectivity index (χ1) is 10.7. The first kappa shape index (κ1) is 17.7. The molecule has 0 unspecified atom stereocenters. The first-order valence-electron chi connectivity index (χ1n) is 7.69. The molecule has 2 N–H and O–H groups in total. The molecular formula is C15H24N4O3S. The molecule has 1 fully saturated rings.